The van der Waals surface area contributed by atoms with Gasteiger partial charge in [-0.25, -0.2) is 4.98 Å². The molecule has 9 heteroatoms. The van der Waals surface area contributed by atoms with Crippen LogP contribution in [0.1, 0.15) is 5.56 Å². The first kappa shape index (κ1) is 18.8. The Morgan fingerprint density at radius 3 is 2.54 bits per heavy atom. The van der Waals surface area contributed by atoms with Crippen molar-refractivity contribution in [2.45, 2.75) is 6.42 Å². The number of benzene rings is 2. The molecule has 1 amide bonds. The number of carbonyl (C=O) groups is 1. The van der Waals surface area contributed by atoms with Gasteiger partial charge in [0.05, 0.1) is 21.6 Å². The number of fused-ring (bicyclic) bond motifs is 1. The molecular formula is C19H17BrN4O3S. The molecule has 7 nitrogen and oxygen atoms in total. The lowest BCUT2D eigenvalue weighted by Crippen LogP contribution is -2.49. The van der Waals surface area contributed by atoms with Crippen LogP contribution in [-0.2, 0) is 11.2 Å². The Hall–Kier alpha value is -2.52. The van der Waals surface area contributed by atoms with Crippen molar-refractivity contribution >= 4 is 54.2 Å². The number of rotatable bonds is 4. The van der Waals surface area contributed by atoms with Gasteiger partial charge in [-0.2, -0.15) is 0 Å². The van der Waals surface area contributed by atoms with Gasteiger partial charge in [-0.05, 0) is 23.8 Å². The van der Waals surface area contributed by atoms with Crippen molar-refractivity contribution in [3.63, 3.8) is 0 Å². The molecule has 2 aromatic carbocycles. The highest BCUT2D eigenvalue weighted by molar-refractivity contribution is 9.10. The summed E-state index contributed by atoms with van der Waals surface area (Å²) in [5, 5.41) is 11.7. The summed E-state index contributed by atoms with van der Waals surface area (Å²) in [7, 11) is 0. The SMILES string of the molecule is O=C(Cc1ccc([N+](=O)[O-])cc1)N1CCN(c2nc3ccc(Br)cc3s2)CC1. The molecule has 144 valence electrons. The average molecular weight is 461 g/mol. The lowest BCUT2D eigenvalue weighted by Gasteiger charge is -2.34. The zero-order valence-electron chi connectivity index (χ0n) is 14.9. The predicted octanol–water partition coefficient (Wildman–Crippen LogP) is 3.86. The molecule has 1 saturated heterocycles. The van der Waals surface area contributed by atoms with Gasteiger partial charge in [0.15, 0.2) is 5.13 Å². The Labute approximate surface area is 173 Å². The van der Waals surface area contributed by atoms with Crippen LogP contribution in [0, 0.1) is 10.1 Å². The standard InChI is InChI=1S/C19H17BrN4O3S/c20-14-3-6-16-17(12-14)28-19(21-16)23-9-7-22(8-10-23)18(25)11-13-1-4-15(5-2-13)24(26)27/h1-6,12H,7-11H2. The number of hydrogen-bond donors (Lipinski definition) is 0. The third kappa shape index (κ3) is 4.00. The lowest BCUT2D eigenvalue weighted by molar-refractivity contribution is -0.384. The normalized spacial score (nSPS) is 14.5. The second kappa shape index (κ2) is 7.84. The van der Waals surface area contributed by atoms with Gasteiger partial charge in [-0.3, -0.25) is 14.9 Å². The molecule has 1 aliphatic heterocycles. The fourth-order valence-corrected chi connectivity index (χ4v) is 4.76. The Morgan fingerprint density at radius 1 is 1.14 bits per heavy atom. The number of nitro groups is 1. The summed E-state index contributed by atoms with van der Waals surface area (Å²) >= 11 is 5.15. The number of amides is 1. The second-order valence-corrected chi connectivity index (χ2v) is 8.50. The van der Waals surface area contributed by atoms with Gasteiger partial charge in [0, 0.05) is 42.8 Å². The predicted molar refractivity (Wildman–Crippen MR) is 113 cm³/mol. The van der Waals surface area contributed by atoms with Gasteiger partial charge in [-0.15, -0.1) is 0 Å². The van der Waals surface area contributed by atoms with Gasteiger partial charge in [0.1, 0.15) is 0 Å². The minimum Gasteiger partial charge on any atom is -0.345 e. The number of hydrogen-bond acceptors (Lipinski definition) is 6. The van der Waals surface area contributed by atoms with Gasteiger partial charge in [0.2, 0.25) is 5.91 Å². The van der Waals surface area contributed by atoms with E-state index in [9.17, 15) is 14.9 Å². The molecule has 28 heavy (non-hydrogen) atoms. The number of halogens is 1. The highest BCUT2D eigenvalue weighted by Gasteiger charge is 2.23. The van der Waals surface area contributed by atoms with Crippen molar-refractivity contribution in [1.29, 1.82) is 0 Å². The molecule has 0 atom stereocenters. The molecular weight excluding hydrogens is 444 g/mol. The van der Waals surface area contributed by atoms with E-state index in [1.807, 2.05) is 17.0 Å². The third-order valence-electron chi connectivity index (χ3n) is 4.74. The smallest absolute Gasteiger partial charge is 0.269 e. The summed E-state index contributed by atoms with van der Waals surface area (Å²) < 4.78 is 2.18. The zero-order chi connectivity index (χ0) is 19.7. The summed E-state index contributed by atoms with van der Waals surface area (Å²) in [5.41, 5.74) is 1.81. The van der Waals surface area contributed by atoms with Crippen LogP contribution in [0.15, 0.2) is 46.9 Å². The number of nitrogens with zero attached hydrogens (tertiary/aromatic N) is 4. The molecule has 0 spiro atoms. The zero-order valence-corrected chi connectivity index (χ0v) is 17.3. The number of anilines is 1. The molecule has 0 saturated carbocycles. The van der Waals surface area contributed by atoms with Gasteiger partial charge < -0.3 is 9.80 Å². The van der Waals surface area contributed by atoms with Crippen LogP contribution in [0.5, 0.6) is 0 Å². The summed E-state index contributed by atoms with van der Waals surface area (Å²) in [6.45, 7) is 2.77. The lowest BCUT2D eigenvalue weighted by atomic mass is 10.1. The molecule has 0 bridgehead atoms. The number of thiazole rings is 1. The van der Waals surface area contributed by atoms with E-state index >= 15 is 0 Å². The number of piperazine rings is 1. The summed E-state index contributed by atoms with van der Waals surface area (Å²) in [5.74, 6) is 0.0433. The third-order valence-corrected chi connectivity index (χ3v) is 6.32. The highest BCUT2D eigenvalue weighted by atomic mass is 79.9. The van der Waals surface area contributed by atoms with Crippen LogP contribution in [0.4, 0.5) is 10.8 Å². The van der Waals surface area contributed by atoms with Gasteiger partial charge in [-0.1, -0.05) is 39.4 Å². The first-order valence-electron chi connectivity index (χ1n) is 8.82. The van der Waals surface area contributed by atoms with Gasteiger partial charge >= 0.3 is 0 Å². The minimum absolute atomic E-state index is 0.0349. The number of aromatic nitrogens is 1. The Morgan fingerprint density at radius 2 is 1.86 bits per heavy atom. The van der Waals surface area contributed by atoms with E-state index in [0.717, 1.165) is 38.5 Å². The molecule has 0 N–H and O–H groups in total. The molecule has 1 aliphatic rings. The van der Waals surface area contributed by atoms with Crippen molar-refractivity contribution < 1.29 is 9.72 Å². The van der Waals surface area contributed by atoms with E-state index in [0.29, 0.717) is 13.1 Å². The Balaban J connectivity index is 1.36. The molecule has 1 aromatic heterocycles. The quantitative estimate of drug-likeness (QED) is 0.436. The molecule has 1 fully saturated rings. The molecule has 3 aromatic rings. The van der Waals surface area contributed by atoms with E-state index in [1.54, 1.807) is 23.5 Å². The number of nitro benzene ring substituents is 1. The van der Waals surface area contributed by atoms with Crippen molar-refractivity contribution in [3.8, 4) is 0 Å². The molecule has 2 heterocycles. The fraction of sp³-hybridized carbons (Fsp3) is 0.263. The summed E-state index contributed by atoms with van der Waals surface area (Å²) in [6.07, 6.45) is 0.257. The summed E-state index contributed by atoms with van der Waals surface area (Å²) in [6, 6.07) is 12.2. The first-order chi connectivity index (χ1) is 13.5. The molecule has 0 radical (unpaired) electrons. The highest BCUT2D eigenvalue weighted by Crippen LogP contribution is 2.31. The average Bonchev–Trinajstić information content (AvgIpc) is 3.11. The van der Waals surface area contributed by atoms with E-state index in [2.05, 4.69) is 26.9 Å². The van der Waals surface area contributed by atoms with Crippen LogP contribution in [0.3, 0.4) is 0 Å². The van der Waals surface area contributed by atoms with Crippen LogP contribution in [0.2, 0.25) is 0 Å². The van der Waals surface area contributed by atoms with E-state index in [1.165, 1.54) is 12.1 Å². The van der Waals surface area contributed by atoms with Crippen LogP contribution in [-0.4, -0.2) is 46.9 Å². The molecule has 0 aliphatic carbocycles. The largest absolute Gasteiger partial charge is 0.345 e. The summed E-state index contributed by atoms with van der Waals surface area (Å²) in [4.78, 5) is 31.6. The Kier molecular flexibility index (Phi) is 5.27. The molecule has 4 rings (SSSR count). The van der Waals surface area contributed by atoms with Crippen molar-refractivity contribution in [3.05, 3.63) is 62.6 Å². The maximum absolute atomic E-state index is 12.6. The van der Waals surface area contributed by atoms with Gasteiger partial charge in [0.25, 0.3) is 5.69 Å². The maximum Gasteiger partial charge on any atom is 0.269 e. The van der Waals surface area contributed by atoms with E-state index in [4.69, 9.17) is 4.98 Å². The molecule has 0 unspecified atom stereocenters. The van der Waals surface area contributed by atoms with E-state index in [-0.39, 0.29) is 18.0 Å². The van der Waals surface area contributed by atoms with Crippen LogP contribution < -0.4 is 4.90 Å². The Bertz CT molecular complexity index is 1030. The van der Waals surface area contributed by atoms with Crippen molar-refractivity contribution in [2.24, 2.45) is 0 Å². The van der Waals surface area contributed by atoms with Crippen molar-refractivity contribution in [1.82, 2.24) is 9.88 Å². The van der Waals surface area contributed by atoms with Crippen molar-refractivity contribution in [2.75, 3.05) is 31.1 Å². The second-order valence-electron chi connectivity index (χ2n) is 6.58. The maximum atomic E-state index is 12.6. The monoisotopic (exact) mass is 460 g/mol. The van der Waals surface area contributed by atoms with Crippen LogP contribution in [0.25, 0.3) is 10.2 Å². The fourth-order valence-electron chi connectivity index (χ4n) is 3.19. The number of non-ortho nitro benzene ring substituents is 1. The first-order valence-corrected chi connectivity index (χ1v) is 10.4. The number of carbonyl (C=O) groups excluding carboxylic acids is 1. The van der Waals surface area contributed by atoms with Crippen LogP contribution >= 0.6 is 27.3 Å². The minimum atomic E-state index is -0.439. The topological polar surface area (TPSA) is 79.6 Å². The van der Waals surface area contributed by atoms with E-state index < -0.39 is 4.92 Å².